The molecule has 0 bridgehead atoms. The molecule has 0 aliphatic rings. The van der Waals surface area contributed by atoms with E-state index >= 15 is 0 Å². The van der Waals surface area contributed by atoms with Crippen molar-refractivity contribution >= 4 is 57.5 Å². The van der Waals surface area contributed by atoms with Gasteiger partial charge in [0.2, 0.25) is 5.89 Å². The third-order valence-electron chi connectivity index (χ3n) is 2.92. The SMILES string of the molecule is O=C(Nc1cccc(-c2nc3ccccc3o2)c1)C(Cl)(Cl)Cl. The minimum absolute atomic E-state index is 0.450. The molecule has 0 saturated heterocycles. The highest BCUT2D eigenvalue weighted by Gasteiger charge is 2.30. The van der Waals surface area contributed by atoms with Gasteiger partial charge in [0.25, 0.3) is 9.70 Å². The Morgan fingerprint density at radius 1 is 1.09 bits per heavy atom. The number of fused-ring (bicyclic) bond motifs is 1. The molecular formula is C15H9Cl3N2O2. The summed E-state index contributed by atoms with van der Waals surface area (Å²) in [7, 11) is 0. The van der Waals surface area contributed by atoms with Crippen LogP contribution in [0.1, 0.15) is 0 Å². The van der Waals surface area contributed by atoms with Crippen molar-refractivity contribution in [2.75, 3.05) is 5.32 Å². The van der Waals surface area contributed by atoms with Crippen LogP contribution >= 0.6 is 34.8 Å². The van der Waals surface area contributed by atoms with Gasteiger partial charge < -0.3 is 9.73 Å². The summed E-state index contributed by atoms with van der Waals surface area (Å²) in [6, 6.07) is 14.4. The van der Waals surface area contributed by atoms with Crippen molar-refractivity contribution in [2.45, 2.75) is 3.79 Å². The quantitative estimate of drug-likeness (QED) is 0.672. The van der Waals surface area contributed by atoms with Crippen LogP contribution in [0, 0.1) is 0 Å². The second-order valence-corrected chi connectivity index (χ2v) is 6.80. The number of hydrogen-bond donors (Lipinski definition) is 1. The number of nitrogens with zero attached hydrogens (tertiary/aromatic N) is 1. The normalized spacial score (nSPS) is 11.6. The van der Waals surface area contributed by atoms with Gasteiger partial charge in [-0.3, -0.25) is 4.79 Å². The molecule has 0 radical (unpaired) electrons. The number of alkyl halides is 3. The molecule has 0 atom stereocenters. The van der Waals surface area contributed by atoms with E-state index in [1.807, 2.05) is 30.3 Å². The number of carbonyl (C=O) groups excluding carboxylic acids is 1. The summed E-state index contributed by atoms with van der Waals surface area (Å²) in [5.74, 6) is -0.279. The second-order valence-electron chi connectivity index (χ2n) is 4.52. The first kappa shape index (κ1) is 15.2. The molecule has 0 unspecified atom stereocenters. The lowest BCUT2D eigenvalue weighted by Crippen LogP contribution is -2.26. The van der Waals surface area contributed by atoms with Crippen LogP contribution in [-0.2, 0) is 4.79 Å². The minimum Gasteiger partial charge on any atom is -0.436 e. The number of para-hydroxylation sites is 2. The Morgan fingerprint density at radius 3 is 2.59 bits per heavy atom. The lowest BCUT2D eigenvalue weighted by atomic mass is 10.2. The number of amides is 1. The van der Waals surface area contributed by atoms with E-state index in [-0.39, 0.29) is 0 Å². The van der Waals surface area contributed by atoms with Crippen molar-refractivity contribution in [3.8, 4) is 11.5 Å². The molecular weight excluding hydrogens is 347 g/mol. The highest BCUT2D eigenvalue weighted by molar-refractivity contribution is 6.76. The maximum Gasteiger partial charge on any atom is 0.276 e. The smallest absolute Gasteiger partial charge is 0.276 e. The number of oxazole rings is 1. The predicted octanol–water partition coefficient (Wildman–Crippen LogP) is 4.80. The van der Waals surface area contributed by atoms with Crippen LogP contribution in [0.15, 0.2) is 52.9 Å². The molecule has 0 fully saturated rings. The highest BCUT2D eigenvalue weighted by atomic mass is 35.6. The van der Waals surface area contributed by atoms with Crippen molar-refractivity contribution in [3.05, 3.63) is 48.5 Å². The fraction of sp³-hybridized carbons (Fsp3) is 0.0667. The molecule has 1 heterocycles. The fourth-order valence-electron chi connectivity index (χ4n) is 1.93. The molecule has 1 amide bonds. The summed E-state index contributed by atoms with van der Waals surface area (Å²) in [4.78, 5) is 16.1. The topological polar surface area (TPSA) is 55.1 Å². The zero-order chi connectivity index (χ0) is 15.7. The van der Waals surface area contributed by atoms with Crippen molar-refractivity contribution in [1.29, 1.82) is 0 Å². The zero-order valence-corrected chi connectivity index (χ0v) is 13.3. The average Bonchev–Trinajstić information content (AvgIpc) is 2.90. The Labute approximate surface area is 141 Å². The molecule has 2 aromatic carbocycles. The summed E-state index contributed by atoms with van der Waals surface area (Å²) in [5.41, 5.74) is 2.64. The van der Waals surface area contributed by atoms with Crippen LogP contribution in [0.5, 0.6) is 0 Å². The number of hydrogen-bond acceptors (Lipinski definition) is 3. The number of aromatic nitrogens is 1. The summed E-state index contributed by atoms with van der Waals surface area (Å²) in [6.07, 6.45) is 0. The van der Waals surface area contributed by atoms with Crippen molar-refractivity contribution in [2.24, 2.45) is 0 Å². The molecule has 0 saturated carbocycles. The third-order valence-corrected chi connectivity index (χ3v) is 3.43. The zero-order valence-electron chi connectivity index (χ0n) is 11.0. The third kappa shape index (κ3) is 3.19. The van der Waals surface area contributed by atoms with Crippen LogP contribution in [0.25, 0.3) is 22.6 Å². The summed E-state index contributed by atoms with van der Waals surface area (Å²) in [5, 5.41) is 2.52. The minimum atomic E-state index is -2.02. The molecule has 0 aliphatic heterocycles. The van der Waals surface area contributed by atoms with Crippen molar-refractivity contribution < 1.29 is 9.21 Å². The van der Waals surface area contributed by atoms with Gasteiger partial charge in [-0.25, -0.2) is 4.98 Å². The Bertz CT molecular complexity index is 807. The first-order chi connectivity index (χ1) is 10.4. The molecule has 7 heteroatoms. The molecule has 1 N–H and O–H groups in total. The number of rotatable bonds is 2. The Morgan fingerprint density at radius 2 is 1.86 bits per heavy atom. The van der Waals surface area contributed by atoms with E-state index in [9.17, 15) is 4.79 Å². The lowest BCUT2D eigenvalue weighted by Gasteiger charge is -2.11. The first-order valence-corrected chi connectivity index (χ1v) is 7.41. The number of halogens is 3. The Balaban J connectivity index is 1.92. The van der Waals surface area contributed by atoms with E-state index < -0.39 is 9.70 Å². The molecule has 3 rings (SSSR count). The van der Waals surface area contributed by atoms with E-state index in [1.165, 1.54) is 0 Å². The van der Waals surface area contributed by atoms with Gasteiger partial charge in [0.15, 0.2) is 5.58 Å². The van der Waals surface area contributed by atoms with E-state index in [2.05, 4.69) is 10.3 Å². The van der Waals surface area contributed by atoms with Gasteiger partial charge in [0, 0.05) is 11.3 Å². The van der Waals surface area contributed by atoms with Crippen LogP contribution in [0.2, 0.25) is 0 Å². The van der Waals surface area contributed by atoms with E-state index in [0.717, 1.165) is 5.52 Å². The molecule has 0 spiro atoms. The van der Waals surface area contributed by atoms with Gasteiger partial charge in [-0.1, -0.05) is 53.0 Å². The molecule has 22 heavy (non-hydrogen) atoms. The monoisotopic (exact) mass is 354 g/mol. The molecule has 3 aromatic rings. The van der Waals surface area contributed by atoms with Gasteiger partial charge in [0.05, 0.1) is 0 Å². The standard InChI is InChI=1S/C15H9Cl3N2O2/c16-15(17,18)14(21)19-10-5-3-4-9(8-10)13-20-11-6-1-2-7-12(11)22-13/h1-8H,(H,19,21). The maximum atomic E-state index is 11.7. The number of nitrogens with one attached hydrogen (secondary N) is 1. The number of anilines is 1. The average molecular weight is 356 g/mol. The van der Waals surface area contributed by atoms with Crippen molar-refractivity contribution in [1.82, 2.24) is 4.98 Å². The van der Waals surface area contributed by atoms with E-state index in [4.69, 9.17) is 39.2 Å². The Kier molecular flexibility index (Phi) is 4.00. The fourth-order valence-corrected chi connectivity index (χ4v) is 2.07. The summed E-state index contributed by atoms with van der Waals surface area (Å²) < 4.78 is 3.66. The van der Waals surface area contributed by atoms with Gasteiger partial charge >= 0.3 is 0 Å². The second kappa shape index (κ2) is 5.80. The largest absolute Gasteiger partial charge is 0.436 e. The lowest BCUT2D eigenvalue weighted by molar-refractivity contribution is -0.115. The maximum absolute atomic E-state index is 11.7. The predicted molar refractivity (Wildman–Crippen MR) is 88.4 cm³/mol. The first-order valence-electron chi connectivity index (χ1n) is 6.28. The van der Waals surface area contributed by atoms with Gasteiger partial charge in [-0.05, 0) is 30.3 Å². The van der Waals surface area contributed by atoms with Crippen molar-refractivity contribution in [3.63, 3.8) is 0 Å². The van der Waals surface area contributed by atoms with Crippen LogP contribution in [-0.4, -0.2) is 14.7 Å². The van der Waals surface area contributed by atoms with E-state index in [0.29, 0.717) is 22.7 Å². The molecule has 4 nitrogen and oxygen atoms in total. The number of benzene rings is 2. The Hall–Kier alpha value is -1.75. The van der Waals surface area contributed by atoms with Gasteiger partial charge in [-0.2, -0.15) is 0 Å². The highest BCUT2D eigenvalue weighted by Crippen LogP contribution is 2.29. The van der Waals surface area contributed by atoms with E-state index in [1.54, 1.807) is 18.2 Å². The molecule has 112 valence electrons. The van der Waals surface area contributed by atoms with Crippen LogP contribution in [0.3, 0.4) is 0 Å². The van der Waals surface area contributed by atoms with Crippen LogP contribution < -0.4 is 5.32 Å². The van der Waals surface area contributed by atoms with Gasteiger partial charge in [-0.15, -0.1) is 0 Å². The molecule has 1 aromatic heterocycles. The number of carbonyl (C=O) groups is 1. The molecule has 0 aliphatic carbocycles. The summed E-state index contributed by atoms with van der Waals surface area (Å²) >= 11 is 16.6. The summed E-state index contributed by atoms with van der Waals surface area (Å²) in [6.45, 7) is 0. The van der Waals surface area contributed by atoms with Gasteiger partial charge in [0.1, 0.15) is 5.52 Å². The van der Waals surface area contributed by atoms with Crippen LogP contribution in [0.4, 0.5) is 5.69 Å².